The third-order valence-electron chi connectivity index (χ3n) is 2.64. The van der Waals surface area contributed by atoms with Crippen LogP contribution in [0.25, 0.3) is 0 Å². The van der Waals surface area contributed by atoms with Crippen LogP contribution in [0.4, 0.5) is 0 Å². The highest BCUT2D eigenvalue weighted by Crippen LogP contribution is 2.08. The minimum absolute atomic E-state index is 0.231. The monoisotopic (exact) mass is 352 g/mol. The summed E-state index contributed by atoms with van der Waals surface area (Å²) in [5.74, 6) is -4.91. The average molecular weight is 352 g/mol. The Hall–Kier alpha value is -2.20. The van der Waals surface area contributed by atoms with Crippen molar-refractivity contribution in [3.63, 3.8) is 0 Å². The Morgan fingerprint density at radius 3 is 1.62 bits per heavy atom. The normalized spacial score (nSPS) is 13.7. The minimum atomic E-state index is -1.79. The van der Waals surface area contributed by atoms with E-state index < -0.39 is 48.9 Å². The van der Waals surface area contributed by atoms with E-state index in [-0.39, 0.29) is 6.10 Å². The van der Waals surface area contributed by atoms with Crippen molar-refractivity contribution < 1.29 is 49.4 Å². The molecule has 24 heavy (non-hydrogen) atoms. The average Bonchev–Trinajstić information content (AvgIpc) is 2.45. The number of carbonyl (C=O) groups is 4. The van der Waals surface area contributed by atoms with Crippen LogP contribution in [0.15, 0.2) is 0 Å². The van der Waals surface area contributed by atoms with Crippen LogP contribution in [0.1, 0.15) is 46.0 Å². The summed E-state index contributed by atoms with van der Waals surface area (Å²) in [6.45, 7) is 3.83. The van der Waals surface area contributed by atoms with Crippen LogP contribution in [-0.2, 0) is 23.9 Å². The van der Waals surface area contributed by atoms with Gasteiger partial charge in [0.05, 0.1) is 12.8 Å². The number of carboxylic acid groups (broad SMARTS) is 3. The Morgan fingerprint density at radius 1 is 0.875 bits per heavy atom. The van der Waals surface area contributed by atoms with Crippen molar-refractivity contribution in [2.75, 3.05) is 0 Å². The molecular weight excluding hydrogens is 328 g/mol. The molecule has 0 bridgehead atoms. The molecule has 0 aliphatic heterocycles. The van der Waals surface area contributed by atoms with Crippen LogP contribution in [-0.4, -0.2) is 67.7 Å². The predicted molar refractivity (Wildman–Crippen MR) is 79.2 cm³/mol. The zero-order valence-electron chi connectivity index (χ0n) is 13.5. The summed E-state index contributed by atoms with van der Waals surface area (Å²) in [7, 11) is 0. The number of aliphatic hydroxyl groups excluding tert-OH is 2. The number of hydrogen-bond acceptors (Lipinski definition) is 7. The SMILES string of the molecule is CCCC(CC)OC(=O)C(O)CC(=O)O.O=C(O)CC(O)C(=O)O. The number of hydrogen-bond donors (Lipinski definition) is 5. The first-order chi connectivity index (χ1) is 11.0. The van der Waals surface area contributed by atoms with Gasteiger partial charge in [0.15, 0.2) is 12.2 Å². The molecule has 140 valence electrons. The molecule has 0 fully saturated rings. The molecule has 10 heteroatoms. The van der Waals surface area contributed by atoms with E-state index in [2.05, 4.69) is 0 Å². The van der Waals surface area contributed by atoms with Crippen LogP contribution in [0.5, 0.6) is 0 Å². The van der Waals surface area contributed by atoms with Gasteiger partial charge < -0.3 is 30.3 Å². The number of aliphatic hydroxyl groups is 2. The maximum atomic E-state index is 11.2. The van der Waals surface area contributed by atoms with Crippen molar-refractivity contribution in [2.24, 2.45) is 0 Å². The van der Waals surface area contributed by atoms with Crippen molar-refractivity contribution in [3.8, 4) is 0 Å². The first-order valence-electron chi connectivity index (χ1n) is 7.28. The Balaban J connectivity index is 0. The number of carbonyl (C=O) groups excluding carboxylic acids is 1. The van der Waals surface area contributed by atoms with Crippen molar-refractivity contribution in [2.45, 2.75) is 64.3 Å². The second-order valence-corrected chi connectivity index (χ2v) is 4.82. The summed E-state index contributed by atoms with van der Waals surface area (Å²) >= 11 is 0. The summed E-state index contributed by atoms with van der Waals surface area (Å²) in [6, 6.07) is 0. The molecule has 0 aromatic rings. The molecule has 0 saturated carbocycles. The summed E-state index contributed by atoms with van der Waals surface area (Å²) in [4.78, 5) is 40.8. The van der Waals surface area contributed by atoms with Gasteiger partial charge in [-0.3, -0.25) is 9.59 Å². The van der Waals surface area contributed by atoms with E-state index in [1.54, 1.807) is 0 Å². The summed E-state index contributed by atoms with van der Waals surface area (Å²) < 4.78 is 4.95. The fraction of sp³-hybridized carbons (Fsp3) is 0.714. The van der Waals surface area contributed by atoms with Crippen molar-refractivity contribution in [3.05, 3.63) is 0 Å². The number of rotatable bonds is 10. The highest BCUT2D eigenvalue weighted by molar-refractivity contribution is 5.81. The molecule has 5 N–H and O–H groups in total. The fourth-order valence-electron chi connectivity index (χ4n) is 1.41. The van der Waals surface area contributed by atoms with Gasteiger partial charge in [0.2, 0.25) is 0 Å². The number of ether oxygens (including phenoxy) is 1. The third kappa shape index (κ3) is 13.5. The van der Waals surface area contributed by atoms with Gasteiger partial charge in [-0.1, -0.05) is 20.3 Å². The molecule has 0 aromatic carbocycles. The molecule has 0 aliphatic carbocycles. The topological polar surface area (TPSA) is 179 Å². The van der Waals surface area contributed by atoms with Gasteiger partial charge >= 0.3 is 23.9 Å². The lowest BCUT2D eigenvalue weighted by Crippen LogP contribution is -2.29. The van der Waals surface area contributed by atoms with E-state index in [4.69, 9.17) is 30.3 Å². The molecule has 0 radical (unpaired) electrons. The number of carboxylic acids is 3. The van der Waals surface area contributed by atoms with Gasteiger partial charge in [0.1, 0.15) is 6.10 Å². The standard InChI is InChI=1S/C10H18O5.C4H6O5/c1-3-5-7(4-2)15-10(14)8(11)6-9(12)13;5-2(4(8)9)1-3(6)7/h7-8,11H,3-6H2,1-2H3,(H,12,13);2,5H,1H2,(H,6,7)(H,8,9). The lowest BCUT2D eigenvalue weighted by Gasteiger charge is -2.17. The van der Waals surface area contributed by atoms with Gasteiger partial charge in [-0.25, -0.2) is 9.59 Å². The Morgan fingerprint density at radius 2 is 1.33 bits per heavy atom. The largest absolute Gasteiger partial charge is 0.481 e. The molecule has 0 saturated heterocycles. The van der Waals surface area contributed by atoms with Crippen LogP contribution in [0, 0.1) is 0 Å². The summed E-state index contributed by atoms with van der Waals surface area (Å²) in [5.41, 5.74) is 0. The number of esters is 1. The second-order valence-electron chi connectivity index (χ2n) is 4.82. The van der Waals surface area contributed by atoms with E-state index in [1.165, 1.54) is 0 Å². The van der Waals surface area contributed by atoms with E-state index in [0.29, 0.717) is 6.42 Å². The van der Waals surface area contributed by atoms with Crippen LogP contribution in [0.3, 0.4) is 0 Å². The maximum Gasteiger partial charge on any atom is 0.335 e. The predicted octanol–water partition coefficient (Wildman–Crippen LogP) is -0.149. The Bertz CT molecular complexity index is 420. The fourth-order valence-corrected chi connectivity index (χ4v) is 1.41. The lowest BCUT2D eigenvalue weighted by molar-refractivity contribution is -0.163. The smallest absolute Gasteiger partial charge is 0.335 e. The van der Waals surface area contributed by atoms with Gasteiger partial charge in [-0.15, -0.1) is 0 Å². The molecule has 0 heterocycles. The summed E-state index contributed by atoms with van der Waals surface area (Å²) in [6.07, 6.45) is -2.68. The first-order valence-corrected chi connectivity index (χ1v) is 7.28. The van der Waals surface area contributed by atoms with Crippen LogP contribution < -0.4 is 0 Å². The molecule has 3 atom stereocenters. The third-order valence-corrected chi connectivity index (χ3v) is 2.64. The first kappa shape index (κ1) is 24.1. The van der Waals surface area contributed by atoms with E-state index in [0.717, 1.165) is 12.8 Å². The van der Waals surface area contributed by atoms with Crippen molar-refractivity contribution in [1.29, 1.82) is 0 Å². The van der Waals surface area contributed by atoms with Crippen LogP contribution >= 0.6 is 0 Å². The molecule has 0 aliphatic rings. The molecule has 3 unspecified atom stereocenters. The van der Waals surface area contributed by atoms with E-state index in [9.17, 15) is 19.2 Å². The lowest BCUT2D eigenvalue weighted by atomic mass is 10.1. The van der Waals surface area contributed by atoms with Crippen molar-refractivity contribution >= 4 is 23.9 Å². The van der Waals surface area contributed by atoms with E-state index in [1.807, 2.05) is 13.8 Å². The molecule has 10 nitrogen and oxygen atoms in total. The Kier molecular flexibility index (Phi) is 13.3. The maximum absolute atomic E-state index is 11.2. The highest BCUT2D eigenvalue weighted by atomic mass is 16.6. The molecule has 0 aromatic heterocycles. The van der Waals surface area contributed by atoms with Gasteiger partial charge in [0, 0.05) is 0 Å². The zero-order valence-corrected chi connectivity index (χ0v) is 13.5. The highest BCUT2D eigenvalue weighted by Gasteiger charge is 2.22. The van der Waals surface area contributed by atoms with Crippen molar-refractivity contribution in [1.82, 2.24) is 0 Å². The molecule has 0 spiro atoms. The molecule has 0 amide bonds. The Labute approximate surface area is 138 Å². The quantitative estimate of drug-likeness (QED) is 0.332. The van der Waals surface area contributed by atoms with Gasteiger partial charge in [-0.05, 0) is 12.8 Å². The van der Waals surface area contributed by atoms with E-state index >= 15 is 0 Å². The summed E-state index contributed by atoms with van der Waals surface area (Å²) in [5, 5.41) is 41.6. The zero-order chi connectivity index (χ0) is 19.3. The van der Waals surface area contributed by atoms with Crippen LogP contribution in [0.2, 0.25) is 0 Å². The van der Waals surface area contributed by atoms with Gasteiger partial charge in [-0.2, -0.15) is 0 Å². The molecular formula is C14H24O10. The molecule has 0 rings (SSSR count). The second kappa shape index (κ2) is 13.3. The minimum Gasteiger partial charge on any atom is -0.481 e. The number of aliphatic carboxylic acids is 3. The van der Waals surface area contributed by atoms with Gasteiger partial charge in [0.25, 0.3) is 0 Å².